The summed E-state index contributed by atoms with van der Waals surface area (Å²) in [5.41, 5.74) is 7.55. The molecule has 0 saturated heterocycles. The number of esters is 1. The van der Waals surface area contributed by atoms with Gasteiger partial charge >= 0.3 is 11.9 Å². The van der Waals surface area contributed by atoms with Crippen molar-refractivity contribution in [3.05, 3.63) is 22.8 Å². The molecule has 0 aromatic rings. The van der Waals surface area contributed by atoms with E-state index in [1.165, 1.54) is 6.92 Å². The Hall–Kier alpha value is -1.70. The van der Waals surface area contributed by atoms with Crippen LogP contribution in [0.15, 0.2) is 22.8 Å². The van der Waals surface area contributed by atoms with Gasteiger partial charge in [0.05, 0.1) is 12.2 Å². The number of carbonyl (C=O) groups excluding carboxylic acids is 1. The van der Waals surface area contributed by atoms with Crippen LogP contribution in [0.5, 0.6) is 0 Å². The third-order valence-corrected chi connectivity index (χ3v) is 11.6. The van der Waals surface area contributed by atoms with Crippen LogP contribution in [0.25, 0.3) is 0 Å². The number of hydrogen-bond acceptors (Lipinski definition) is 6. The van der Waals surface area contributed by atoms with E-state index in [0.717, 1.165) is 24.8 Å². The van der Waals surface area contributed by atoms with Crippen molar-refractivity contribution in [2.75, 3.05) is 6.54 Å². The van der Waals surface area contributed by atoms with Gasteiger partial charge in [0.1, 0.15) is 6.10 Å². The summed E-state index contributed by atoms with van der Waals surface area (Å²) in [6.45, 7) is 12.6. The number of nitrogens with two attached hydrogens (primary N) is 1. The lowest BCUT2D eigenvalue weighted by atomic mass is 9.36. The molecule has 0 aromatic heterocycles. The van der Waals surface area contributed by atoms with Gasteiger partial charge < -0.3 is 25.8 Å². The maximum absolute atomic E-state index is 12.6. The molecule has 5 N–H and O–H groups in total. The summed E-state index contributed by atoms with van der Waals surface area (Å²) in [4.78, 5) is 24.9. The second-order valence-electron chi connectivity index (χ2n) is 13.7. The highest BCUT2D eigenvalue weighted by Crippen LogP contribution is 2.74. The third kappa shape index (κ3) is 4.46. The first-order chi connectivity index (χ1) is 17.7. The van der Waals surface area contributed by atoms with E-state index in [1.54, 1.807) is 0 Å². The molecule has 4 aliphatic carbocycles. The zero-order chi connectivity index (χ0) is 28.2. The highest BCUT2D eigenvalue weighted by Gasteiger charge is 2.71. The third-order valence-electron chi connectivity index (χ3n) is 11.6. The molecule has 0 radical (unpaired) electrons. The van der Waals surface area contributed by atoms with Crippen molar-refractivity contribution in [2.45, 2.75) is 111 Å². The minimum Gasteiger partial charge on any atom is -0.478 e. The summed E-state index contributed by atoms with van der Waals surface area (Å²) in [6, 6.07) is 0. The van der Waals surface area contributed by atoms with Crippen molar-refractivity contribution in [3.8, 4) is 0 Å². The number of aliphatic hydroxyl groups excluding tert-OH is 2. The van der Waals surface area contributed by atoms with Gasteiger partial charge in [-0.3, -0.25) is 4.79 Å². The summed E-state index contributed by atoms with van der Waals surface area (Å²) in [7, 11) is 0. The Kier molecular flexibility index (Phi) is 7.99. The first kappa shape index (κ1) is 29.3. The lowest BCUT2D eigenvalue weighted by Gasteiger charge is -2.69. The fraction of sp³-hybridized carbons (Fsp3) is 0.806. The van der Waals surface area contributed by atoms with E-state index in [1.807, 2.05) is 19.9 Å². The number of ether oxygens (including phenoxy) is 1. The smallest absolute Gasteiger partial charge is 0.331 e. The van der Waals surface area contributed by atoms with E-state index in [-0.39, 0.29) is 39.9 Å². The van der Waals surface area contributed by atoms with Gasteiger partial charge in [-0.15, -0.1) is 0 Å². The van der Waals surface area contributed by atoms with Crippen LogP contribution in [0.3, 0.4) is 0 Å². The number of aliphatic carboxylic acids is 1. The van der Waals surface area contributed by atoms with Gasteiger partial charge in [-0.05, 0) is 111 Å². The number of carboxylic acid groups (broad SMARTS) is 1. The van der Waals surface area contributed by atoms with Gasteiger partial charge in [0.25, 0.3) is 0 Å². The maximum atomic E-state index is 12.6. The monoisotopic (exact) mass is 531 g/mol. The van der Waals surface area contributed by atoms with Crippen molar-refractivity contribution in [2.24, 2.45) is 45.7 Å². The number of carbonyl (C=O) groups is 2. The molecule has 10 atom stereocenters. The van der Waals surface area contributed by atoms with Crippen molar-refractivity contribution >= 4 is 11.9 Å². The zero-order valence-electron chi connectivity index (χ0n) is 24.1. The molecule has 4 aliphatic rings. The number of carboxylic acids is 1. The van der Waals surface area contributed by atoms with Gasteiger partial charge in [-0.25, -0.2) is 4.79 Å². The van der Waals surface area contributed by atoms with Crippen LogP contribution in [-0.2, 0) is 14.3 Å². The van der Waals surface area contributed by atoms with Crippen LogP contribution >= 0.6 is 0 Å². The van der Waals surface area contributed by atoms with Gasteiger partial charge in [-0.1, -0.05) is 32.4 Å². The molecule has 0 aromatic carbocycles. The predicted octanol–water partition coefficient (Wildman–Crippen LogP) is 4.60. The molecule has 0 amide bonds. The van der Waals surface area contributed by atoms with Crippen LogP contribution in [-0.4, -0.2) is 52.1 Å². The molecule has 7 nitrogen and oxygen atoms in total. The molecule has 0 bridgehead atoms. The minimum absolute atomic E-state index is 0.00664. The topological polar surface area (TPSA) is 130 Å². The van der Waals surface area contributed by atoms with Crippen LogP contribution in [0.2, 0.25) is 0 Å². The average molecular weight is 532 g/mol. The Morgan fingerprint density at radius 2 is 1.74 bits per heavy atom. The van der Waals surface area contributed by atoms with E-state index < -0.39 is 30.3 Å². The van der Waals surface area contributed by atoms with Crippen LogP contribution in [0, 0.1) is 39.9 Å². The largest absolute Gasteiger partial charge is 0.478 e. The number of allylic oxidation sites excluding steroid dienone is 2. The van der Waals surface area contributed by atoms with E-state index >= 15 is 0 Å². The Bertz CT molecular complexity index is 1020. The Morgan fingerprint density at radius 3 is 2.32 bits per heavy atom. The van der Waals surface area contributed by atoms with Crippen LogP contribution in [0.4, 0.5) is 0 Å². The van der Waals surface area contributed by atoms with Gasteiger partial charge in [0.15, 0.2) is 0 Å². The summed E-state index contributed by atoms with van der Waals surface area (Å²) in [6.07, 6.45) is 5.73. The summed E-state index contributed by atoms with van der Waals surface area (Å²) in [5.74, 6) is -1.30. The first-order valence-electron chi connectivity index (χ1n) is 14.5. The second-order valence-corrected chi connectivity index (χ2v) is 13.7. The average Bonchev–Trinajstić information content (AvgIpc) is 3.08. The lowest BCUT2D eigenvalue weighted by molar-refractivity contribution is -0.234. The number of fused-ring (bicyclic) bond motifs is 5. The van der Waals surface area contributed by atoms with Crippen molar-refractivity contribution in [3.63, 3.8) is 0 Å². The summed E-state index contributed by atoms with van der Waals surface area (Å²) < 4.78 is 5.87. The normalized spacial score (nSPS) is 45.3. The molecular weight excluding hydrogens is 482 g/mol. The summed E-state index contributed by atoms with van der Waals surface area (Å²) >= 11 is 0. The van der Waals surface area contributed by atoms with Gasteiger partial charge in [0.2, 0.25) is 0 Å². The molecule has 4 rings (SSSR count). The van der Waals surface area contributed by atoms with Gasteiger partial charge in [-0.2, -0.15) is 0 Å². The first-order valence-corrected chi connectivity index (χ1v) is 14.5. The highest BCUT2D eigenvalue weighted by molar-refractivity contribution is 5.88. The molecular formula is C31H49NO6. The minimum atomic E-state index is -0.965. The number of aliphatic hydroxyl groups is 2. The summed E-state index contributed by atoms with van der Waals surface area (Å²) in [5, 5.41) is 33.0. The fourth-order valence-electron chi connectivity index (χ4n) is 9.90. The highest BCUT2D eigenvalue weighted by atomic mass is 16.5. The second kappa shape index (κ2) is 10.4. The lowest BCUT2D eigenvalue weighted by Crippen LogP contribution is -2.66. The molecule has 0 aliphatic heterocycles. The molecule has 4 saturated carbocycles. The van der Waals surface area contributed by atoms with E-state index in [9.17, 15) is 24.9 Å². The van der Waals surface area contributed by atoms with Crippen molar-refractivity contribution < 1.29 is 29.6 Å². The zero-order valence-corrected chi connectivity index (χ0v) is 24.1. The maximum Gasteiger partial charge on any atom is 0.331 e. The molecule has 0 spiro atoms. The number of rotatable bonds is 6. The van der Waals surface area contributed by atoms with Gasteiger partial charge in [0, 0.05) is 18.4 Å². The number of hydrogen-bond donors (Lipinski definition) is 4. The Balaban J connectivity index is 1.82. The quantitative estimate of drug-likeness (QED) is 0.224. The molecule has 4 unspecified atom stereocenters. The van der Waals surface area contributed by atoms with Crippen molar-refractivity contribution in [1.82, 2.24) is 0 Å². The van der Waals surface area contributed by atoms with E-state index in [4.69, 9.17) is 10.5 Å². The molecule has 38 heavy (non-hydrogen) atoms. The Labute approximate surface area is 227 Å². The van der Waals surface area contributed by atoms with Crippen molar-refractivity contribution in [1.29, 1.82) is 0 Å². The van der Waals surface area contributed by atoms with E-state index in [0.29, 0.717) is 49.8 Å². The van der Waals surface area contributed by atoms with Crippen LogP contribution in [0.1, 0.15) is 92.9 Å². The predicted molar refractivity (Wildman–Crippen MR) is 146 cm³/mol. The fourth-order valence-corrected chi connectivity index (χ4v) is 9.90. The molecule has 4 fully saturated rings. The molecule has 7 heteroatoms. The van der Waals surface area contributed by atoms with Crippen LogP contribution < -0.4 is 5.73 Å². The molecule has 0 heterocycles. The standard InChI is InChI=1S/C31H49NO6/c1-17(2)8-7-9-19(28(36)37)26-22-14-24(35)27-29(4)12-11-23(34)20(16-32)21(29)10-13-30(27,5)31(22,6)15-25(26)38-18(3)33/h8,20-25,27,34-35H,7,9-16,32H2,1-6H3,(H,36,37)/b26-19-/t20-,21-,22-,23+,24+,25?,27-,29?,30?,31?/m0/s1. The van der Waals surface area contributed by atoms with E-state index in [2.05, 4.69) is 20.8 Å². The Morgan fingerprint density at radius 1 is 1.05 bits per heavy atom. The molecule has 214 valence electrons. The SMILES string of the molecule is CC(=O)OC1CC2(C)[C@@H](C[C@@H](O)[C@H]3C4(C)CC[C@@H](O)[C@@H](CN)[C@@H]4CCC32C)/C1=C(\CCC=C(C)C)C(=O)O.